The number of benzene rings is 2. The van der Waals surface area contributed by atoms with E-state index >= 15 is 0 Å². The number of nitro benzene ring substituents is 1. The molecule has 0 aliphatic rings. The molecule has 0 fully saturated rings. The van der Waals surface area contributed by atoms with Gasteiger partial charge in [0.15, 0.2) is 0 Å². The molecule has 2 aromatic rings. The van der Waals surface area contributed by atoms with Crippen molar-refractivity contribution in [3.05, 3.63) is 75.6 Å². The molecule has 0 bridgehead atoms. The number of rotatable bonds is 6. The maximum absolute atomic E-state index is 13.1. The summed E-state index contributed by atoms with van der Waals surface area (Å²) in [6, 6.07) is 10.9. The van der Waals surface area contributed by atoms with Gasteiger partial charge in [0, 0.05) is 23.3 Å². The Morgan fingerprint density at radius 3 is 2.54 bits per heavy atom. The van der Waals surface area contributed by atoms with Crippen LogP contribution in [0.3, 0.4) is 0 Å². The van der Waals surface area contributed by atoms with Crippen molar-refractivity contribution in [3.8, 4) is 0 Å². The molecule has 0 saturated carbocycles. The molecule has 0 atom stereocenters. The monoisotopic (exact) mass is 358 g/mol. The van der Waals surface area contributed by atoms with Crippen LogP contribution in [0.1, 0.15) is 22.8 Å². The highest BCUT2D eigenvalue weighted by Crippen LogP contribution is 2.13. The predicted molar refractivity (Wildman–Crippen MR) is 92.2 cm³/mol. The highest BCUT2D eigenvalue weighted by molar-refractivity contribution is 6.00. The van der Waals surface area contributed by atoms with Crippen LogP contribution < -0.4 is 10.7 Å². The van der Waals surface area contributed by atoms with Gasteiger partial charge in [0.1, 0.15) is 5.82 Å². The van der Waals surface area contributed by atoms with E-state index < -0.39 is 22.6 Å². The van der Waals surface area contributed by atoms with Crippen LogP contribution in [0.2, 0.25) is 0 Å². The maximum Gasteiger partial charge on any atom is 0.270 e. The Balaban J connectivity index is 1.91. The van der Waals surface area contributed by atoms with Crippen molar-refractivity contribution >= 4 is 23.2 Å². The molecule has 0 radical (unpaired) electrons. The van der Waals surface area contributed by atoms with Crippen molar-refractivity contribution < 1.29 is 18.9 Å². The zero-order valence-corrected chi connectivity index (χ0v) is 13.7. The molecule has 0 aromatic heterocycles. The molecule has 0 unspecified atom stereocenters. The number of nitrogens with zero attached hydrogens (tertiary/aromatic N) is 2. The van der Waals surface area contributed by atoms with E-state index in [1.54, 1.807) is 13.0 Å². The average Bonchev–Trinajstić information content (AvgIpc) is 2.64. The topological polar surface area (TPSA) is 114 Å². The molecular formula is C17H15FN4O4. The van der Waals surface area contributed by atoms with Crippen LogP contribution in [0.15, 0.2) is 53.6 Å². The van der Waals surface area contributed by atoms with Gasteiger partial charge in [-0.05, 0) is 25.1 Å². The van der Waals surface area contributed by atoms with Gasteiger partial charge in [-0.1, -0.05) is 18.2 Å². The van der Waals surface area contributed by atoms with Crippen LogP contribution in [0.5, 0.6) is 0 Å². The van der Waals surface area contributed by atoms with Crippen LogP contribution >= 0.6 is 0 Å². The van der Waals surface area contributed by atoms with E-state index in [0.717, 1.165) is 6.07 Å². The van der Waals surface area contributed by atoms with Gasteiger partial charge in [-0.2, -0.15) is 5.10 Å². The van der Waals surface area contributed by atoms with E-state index in [2.05, 4.69) is 15.8 Å². The number of carbonyl (C=O) groups is 2. The molecule has 0 heterocycles. The second-order valence-corrected chi connectivity index (χ2v) is 5.23. The summed E-state index contributed by atoms with van der Waals surface area (Å²) in [7, 11) is 0. The summed E-state index contributed by atoms with van der Waals surface area (Å²) in [6.07, 6.45) is 0. The molecule has 0 spiro atoms. The van der Waals surface area contributed by atoms with E-state index in [-0.39, 0.29) is 17.8 Å². The Kier molecular flexibility index (Phi) is 6.10. The summed E-state index contributed by atoms with van der Waals surface area (Å²) in [5, 5.41) is 16.9. The lowest BCUT2D eigenvalue weighted by Crippen LogP contribution is -2.35. The summed E-state index contributed by atoms with van der Waals surface area (Å²) >= 11 is 0. The Morgan fingerprint density at radius 1 is 1.15 bits per heavy atom. The van der Waals surface area contributed by atoms with Crippen molar-refractivity contribution in [1.82, 2.24) is 10.7 Å². The average molecular weight is 358 g/mol. The van der Waals surface area contributed by atoms with Crippen LogP contribution in [-0.4, -0.2) is 29.0 Å². The Hall–Kier alpha value is -3.62. The van der Waals surface area contributed by atoms with Crippen molar-refractivity contribution in [2.75, 3.05) is 6.54 Å². The Bertz CT molecular complexity index is 883. The lowest BCUT2D eigenvalue weighted by atomic mass is 10.1. The molecular weight excluding hydrogens is 343 g/mol. The van der Waals surface area contributed by atoms with Crippen molar-refractivity contribution in [2.24, 2.45) is 5.10 Å². The third-order valence-corrected chi connectivity index (χ3v) is 3.32. The molecule has 0 aliphatic carbocycles. The Morgan fingerprint density at radius 2 is 1.85 bits per heavy atom. The molecule has 8 nitrogen and oxygen atoms in total. The molecule has 2 rings (SSSR count). The molecule has 26 heavy (non-hydrogen) atoms. The summed E-state index contributed by atoms with van der Waals surface area (Å²) in [6.45, 7) is 1.21. The zero-order valence-electron chi connectivity index (χ0n) is 13.7. The minimum absolute atomic E-state index is 0.0917. The SMILES string of the molecule is C/C(=N\NC(=O)CNC(=O)c1cccc(F)c1)c1cccc([N+](=O)[O-])c1. The second kappa shape index (κ2) is 8.47. The van der Waals surface area contributed by atoms with E-state index in [0.29, 0.717) is 11.3 Å². The Labute approximate surface area is 147 Å². The molecule has 9 heteroatoms. The zero-order chi connectivity index (χ0) is 19.1. The van der Waals surface area contributed by atoms with Crippen LogP contribution in [-0.2, 0) is 4.79 Å². The number of nitro groups is 1. The summed E-state index contributed by atoms with van der Waals surface area (Å²) < 4.78 is 13.1. The van der Waals surface area contributed by atoms with Gasteiger partial charge in [-0.15, -0.1) is 0 Å². The van der Waals surface area contributed by atoms with E-state index in [1.165, 1.54) is 36.4 Å². The first-order valence-corrected chi connectivity index (χ1v) is 7.48. The first kappa shape index (κ1) is 18.7. The summed E-state index contributed by atoms with van der Waals surface area (Å²) in [5.41, 5.74) is 3.07. The minimum Gasteiger partial charge on any atom is -0.343 e. The molecule has 0 saturated heterocycles. The fraction of sp³-hybridized carbons (Fsp3) is 0.118. The third-order valence-electron chi connectivity index (χ3n) is 3.32. The molecule has 134 valence electrons. The number of hydrazone groups is 1. The maximum atomic E-state index is 13.1. The van der Waals surface area contributed by atoms with E-state index in [9.17, 15) is 24.1 Å². The van der Waals surface area contributed by atoms with Gasteiger partial charge in [0.2, 0.25) is 0 Å². The molecule has 0 aliphatic heterocycles. The second-order valence-electron chi connectivity index (χ2n) is 5.23. The highest BCUT2D eigenvalue weighted by atomic mass is 19.1. The first-order valence-electron chi connectivity index (χ1n) is 7.48. The third kappa shape index (κ3) is 5.20. The lowest BCUT2D eigenvalue weighted by Gasteiger charge is -2.05. The lowest BCUT2D eigenvalue weighted by molar-refractivity contribution is -0.384. The molecule has 2 aromatic carbocycles. The van der Waals surface area contributed by atoms with Crippen LogP contribution in [0.4, 0.5) is 10.1 Å². The summed E-state index contributed by atoms with van der Waals surface area (Å²) in [5.74, 6) is -1.75. The fourth-order valence-corrected chi connectivity index (χ4v) is 1.99. The minimum atomic E-state index is -0.598. The normalized spacial score (nSPS) is 10.9. The largest absolute Gasteiger partial charge is 0.343 e. The van der Waals surface area contributed by atoms with Gasteiger partial charge < -0.3 is 5.32 Å². The molecule has 2 amide bonds. The standard InChI is InChI=1S/C17H15FN4O4/c1-11(12-4-3-7-15(9-12)22(25)26)20-21-16(23)10-19-17(24)13-5-2-6-14(18)8-13/h2-9H,10H2,1H3,(H,19,24)(H,21,23)/b20-11+. The number of halogens is 1. The van der Waals surface area contributed by atoms with Gasteiger partial charge in [0.25, 0.3) is 17.5 Å². The van der Waals surface area contributed by atoms with Crippen LogP contribution in [0, 0.1) is 15.9 Å². The number of hydrogen-bond donors (Lipinski definition) is 2. The van der Waals surface area contributed by atoms with Gasteiger partial charge in [0.05, 0.1) is 17.2 Å². The highest BCUT2D eigenvalue weighted by Gasteiger charge is 2.10. The molecule has 2 N–H and O–H groups in total. The number of carbonyl (C=O) groups excluding carboxylic acids is 2. The van der Waals surface area contributed by atoms with Gasteiger partial charge >= 0.3 is 0 Å². The van der Waals surface area contributed by atoms with Crippen molar-refractivity contribution in [1.29, 1.82) is 0 Å². The first-order chi connectivity index (χ1) is 12.4. The summed E-state index contributed by atoms with van der Waals surface area (Å²) in [4.78, 5) is 33.8. The fourth-order valence-electron chi connectivity index (χ4n) is 1.99. The predicted octanol–water partition coefficient (Wildman–Crippen LogP) is 2.00. The number of hydrogen-bond acceptors (Lipinski definition) is 5. The number of nitrogens with one attached hydrogen (secondary N) is 2. The van der Waals surface area contributed by atoms with E-state index in [1.807, 2.05) is 0 Å². The smallest absolute Gasteiger partial charge is 0.270 e. The number of non-ortho nitro benzene ring substituents is 1. The number of amides is 2. The van der Waals surface area contributed by atoms with Gasteiger partial charge in [-0.3, -0.25) is 19.7 Å². The van der Waals surface area contributed by atoms with Gasteiger partial charge in [-0.25, -0.2) is 9.82 Å². The quantitative estimate of drug-likeness (QED) is 0.467. The van der Waals surface area contributed by atoms with Crippen molar-refractivity contribution in [2.45, 2.75) is 6.92 Å². The van der Waals surface area contributed by atoms with E-state index in [4.69, 9.17) is 0 Å². The van der Waals surface area contributed by atoms with Crippen LogP contribution in [0.25, 0.3) is 0 Å². The van der Waals surface area contributed by atoms with Crippen molar-refractivity contribution in [3.63, 3.8) is 0 Å².